The number of aromatic nitrogens is 4. The molecule has 2 heterocycles. The normalized spacial score (nSPS) is 16.7. The second kappa shape index (κ2) is 7.52. The molecule has 3 rings (SSSR count). The number of hydrogen-bond acceptors (Lipinski definition) is 5. The molecule has 0 spiro atoms. The molecule has 0 radical (unpaired) electrons. The topological polar surface area (TPSA) is 89.9 Å². The Labute approximate surface area is 141 Å². The highest BCUT2D eigenvalue weighted by atomic mass is 35.5. The van der Waals surface area contributed by atoms with Crippen molar-refractivity contribution in [3.8, 4) is 11.4 Å². The molecule has 8 heteroatoms. The van der Waals surface area contributed by atoms with E-state index in [0.29, 0.717) is 18.9 Å². The van der Waals surface area contributed by atoms with Crippen LogP contribution in [0.1, 0.15) is 25.8 Å². The van der Waals surface area contributed by atoms with Crippen molar-refractivity contribution in [2.24, 2.45) is 5.73 Å². The first-order chi connectivity index (χ1) is 10.6. The Morgan fingerprint density at radius 1 is 1.26 bits per heavy atom. The number of nitrogens with two attached hydrogens (primary N) is 1. The molecule has 1 aliphatic heterocycles. The van der Waals surface area contributed by atoms with Crippen LogP contribution in [0.2, 0.25) is 0 Å². The van der Waals surface area contributed by atoms with Crippen molar-refractivity contribution in [3.63, 3.8) is 0 Å². The lowest BCUT2D eigenvalue weighted by Crippen LogP contribution is -2.45. The number of hydrogen-bond donors (Lipinski definition) is 1. The van der Waals surface area contributed by atoms with Gasteiger partial charge in [0.2, 0.25) is 11.7 Å². The molecule has 2 N–H and O–H groups in total. The van der Waals surface area contributed by atoms with Gasteiger partial charge in [0, 0.05) is 24.7 Å². The molecular formula is C15H21ClN6O. The van der Waals surface area contributed by atoms with E-state index in [1.807, 2.05) is 35.2 Å². The molecule has 1 amide bonds. The Hall–Kier alpha value is -1.99. The average molecular weight is 337 g/mol. The maximum absolute atomic E-state index is 12.5. The minimum absolute atomic E-state index is 0. The summed E-state index contributed by atoms with van der Waals surface area (Å²) >= 11 is 0. The third kappa shape index (κ3) is 3.86. The van der Waals surface area contributed by atoms with Gasteiger partial charge in [0.1, 0.15) is 6.04 Å². The largest absolute Gasteiger partial charge is 0.341 e. The van der Waals surface area contributed by atoms with Crippen molar-refractivity contribution in [3.05, 3.63) is 30.3 Å². The maximum Gasteiger partial charge on any atom is 0.249 e. The van der Waals surface area contributed by atoms with E-state index in [2.05, 4.69) is 15.4 Å². The van der Waals surface area contributed by atoms with E-state index < -0.39 is 6.04 Å². The zero-order valence-electron chi connectivity index (χ0n) is 13.0. The number of likely N-dealkylation sites (tertiary alicyclic amines) is 1. The van der Waals surface area contributed by atoms with Gasteiger partial charge in [-0.25, -0.2) is 0 Å². The van der Waals surface area contributed by atoms with Crippen molar-refractivity contribution in [2.45, 2.75) is 31.8 Å². The van der Waals surface area contributed by atoms with Gasteiger partial charge in [-0.2, -0.15) is 4.80 Å². The summed E-state index contributed by atoms with van der Waals surface area (Å²) in [7, 11) is 0. The van der Waals surface area contributed by atoms with Gasteiger partial charge in [-0.05, 0) is 25.0 Å². The third-order valence-electron chi connectivity index (χ3n) is 4.02. The van der Waals surface area contributed by atoms with Crippen molar-refractivity contribution in [2.75, 3.05) is 13.1 Å². The third-order valence-corrected chi connectivity index (χ3v) is 4.02. The van der Waals surface area contributed by atoms with Gasteiger partial charge in [-0.1, -0.05) is 30.3 Å². The van der Waals surface area contributed by atoms with E-state index in [4.69, 9.17) is 5.73 Å². The Kier molecular flexibility index (Phi) is 5.68. The van der Waals surface area contributed by atoms with E-state index >= 15 is 0 Å². The van der Waals surface area contributed by atoms with Gasteiger partial charge >= 0.3 is 0 Å². The highest BCUT2D eigenvalue weighted by molar-refractivity contribution is 5.85. The van der Waals surface area contributed by atoms with E-state index in [9.17, 15) is 4.79 Å². The highest BCUT2D eigenvalue weighted by Gasteiger charge is 2.27. The first-order valence-corrected chi connectivity index (χ1v) is 7.54. The summed E-state index contributed by atoms with van der Waals surface area (Å²) in [5.41, 5.74) is 6.76. The summed E-state index contributed by atoms with van der Waals surface area (Å²) in [6, 6.07) is 9.34. The second-order valence-electron chi connectivity index (χ2n) is 5.64. The monoisotopic (exact) mass is 336 g/mol. The Morgan fingerprint density at radius 2 is 1.91 bits per heavy atom. The van der Waals surface area contributed by atoms with Gasteiger partial charge in [-0.15, -0.1) is 22.6 Å². The van der Waals surface area contributed by atoms with Gasteiger partial charge in [0.05, 0.1) is 0 Å². The Morgan fingerprint density at radius 3 is 2.57 bits per heavy atom. The van der Waals surface area contributed by atoms with Crippen LogP contribution in [0.5, 0.6) is 0 Å². The van der Waals surface area contributed by atoms with Crippen LogP contribution < -0.4 is 5.73 Å². The van der Waals surface area contributed by atoms with Crippen molar-refractivity contribution < 1.29 is 4.79 Å². The smallest absolute Gasteiger partial charge is 0.249 e. The highest BCUT2D eigenvalue weighted by Crippen LogP contribution is 2.16. The van der Waals surface area contributed by atoms with E-state index in [1.54, 1.807) is 6.92 Å². The quantitative estimate of drug-likeness (QED) is 0.911. The molecule has 0 bridgehead atoms. The standard InChI is InChI=1S/C15H20N6O.ClH/c1-11(15(22)20-9-7-13(16)8-10-20)21-18-14(17-19-21)12-5-3-2-4-6-12;/h2-6,11,13H,7-10,16H2,1H3;1H. The lowest BCUT2D eigenvalue weighted by molar-refractivity contribution is -0.136. The molecule has 7 nitrogen and oxygen atoms in total. The fourth-order valence-corrected chi connectivity index (χ4v) is 2.57. The molecule has 2 aromatic rings. The van der Waals surface area contributed by atoms with Crippen LogP contribution >= 0.6 is 12.4 Å². The number of benzene rings is 1. The summed E-state index contributed by atoms with van der Waals surface area (Å²) < 4.78 is 0. The Balaban J connectivity index is 0.00000192. The number of carbonyl (C=O) groups excluding carboxylic acids is 1. The van der Waals surface area contributed by atoms with Gasteiger partial charge < -0.3 is 10.6 Å². The van der Waals surface area contributed by atoms with Crippen molar-refractivity contribution in [1.82, 2.24) is 25.1 Å². The number of tetrazole rings is 1. The SMILES string of the molecule is CC(C(=O)N1CCC(N)CC1)n1nnc(-c2ccccc2)n1.Cl. The number of piperidine rings is 1. The van der Waals surface area contributed by atoms with Crippen LogP contribution in [0, 0.1) is 0 Å². The van der Waals surface area contributed by atoms with Crippen molar-refractivity contribution >= 4 is 18.3 Å². The molecule has 1 aromatic carbocycles. The average Bonchev–Trinajstić information content (AvgIpc) is 3.05. The molecule has 0 saturated carbocycles. The minimum Gasteiger partial charge on any atom is -0.341 e. The molecule has 1 fully saturated rings. The second-order valence-corrected chi connectivity index (χ2v) is 5.64. The number of halogens is 1. The predicted octanol–water partition coefficient (Wildman–Crippen LogP) is 1.27. The number of nitrogens with zero attached hydrogens (tertiary/aromatic N) is 5. The van der Waals surface area contributed by atoms with Gasteiger partial charge in [-0.3, -0.25) is 4.79 Å². The molecule has 1 unspecified atom stereocenters. The van der Waals surface area contributed by atoms with Gasteiger partial charge in [0.15, 0.2) is 0 Å². The lowest BCUT2D eigenvalue weighted by Gasteiger charge is -2.31. The molecule has 1 saturated heterocycles. The first kappa shape index (κ1) is 17.4. The van der Waals surface area contributed by atoms with E-state index in [-0.39, 0.29) is 24.4 Å². The minimum atomic E-state index is -0.459. The molecule has 1 aromatic heterocycles. The Bertz CT molecular complexity index is 638. The molecule has 124 valence electrons. The van der Waals surface area contributed by atoms with Crippen molar-refractivity contribution in [1.29, 1.82) is 0 Å². The molecule has 1 aliphatic rings. The molecule has 23 heavy (non-hydrogen) atoms. The molecular weight excluding hydrogens is 316 g/mol. The van der Waals surface area contributed by atoms with Crippen LogP contribution in [0.4, 0.5) is 0 Å². The van der Waals surface area contributed by atoms with E-state index in [0.717, 1.165) is 18.4 Å². The van der Waals surface area contributed by atoms with Crippen LogP contribution in [-0.2, 0) is 4.79 Å². The summed E-state index contributed by atoms with van der Waals surface area (Å²) in [4.78, 5) is 15.7. The fourth-order valence-electron chi connectivity index (χ4n) is 2.57. The zero-order chi connectivity index (χ0) is 15.5. The van der Waals surface area contributed by atoms with Crippen LogP contribution in [0.25, 0.3) is 11.4 Å². The lowest BCUT2D eigenvalue weighted by atomic mass is 10.1. The van der Waals surface area contributed by atoms with Gasteiger partial charge in [0.25, 0.3) is 0 Å². The first-order valence-electron chi connectivity index (χ1n) is 7.54. The fraction of sp³-hybridized carbons (Fsp3) is 0.467. The zero-order valence-corrected chi connectivity index (χ0v) is 13.8. The molecule has 1 atom stereocenters. The maximum atomic E-state index is 12.5. The van der Waals surface area contributed by atoms with Crippen LogP contribution in [-0.4, -0.2) is 50.1 Å². The number of amides is 1. The van der Waals surface area contributed by atoms with E-state index in [1.165, 1.54) is 4.80 Å². The summed E-state index contributed by atoms with van der Waals surface area (Å²) in [6.07, 6.45) is 1.69. The summed E-state index contributed by atoms with van der Waals surface area (Å²) in [5.74, 6) is 0.546. The predicted molar refractivity (Wildman–Crippen MR) is 89.0 cm³/mol. The molecule has 0 aliphatic carbocycles. The summed E-state index contributed by atoms with van der Waals surface area (Å²) in [6.45, 7) is 3.20. The number of carbonyl (C=O) groups is 1. The summed E-state index contributed by atoms with van der Waals surface area (Å²) in [5, 5.41) is 12.4. The van der Waals surface area contributed by atoms with Crippen LogP contribution in [0.15, 0.2) is 30.3 Å². The number of rotatable bonds is 3. The van der Waals surface area contributed by atoms with Crippen LogP contribution in [0.3, 0.4) is 0 Å².